The number of aromatic nitrogens is 1. The van der Waals surface area contributed by atoms with Crippen molar-refractivity contribution >= 4 is 34.7 Å². The third-order valence-electron chi connectivity index (χ3n) is 4.49. The van der Waals surface area contributed by atoms with E-state index >= 15 is 0 Å². The van der Waals surface area contributed by atoms with Gasteiger partial charge >= 0.3 is 0 Å². The number of halogens is 1. The van der Waals surface area contributed by atoms with Crippen LogP contribution in [0.3, 0.4) is 0 Å². The monoisotopic (exact) mass is 451 g/mol. The van der Waals surface area contributed by atoms with E-state index in [2.05, 4.69) is 4.98 Å². The molecule has 1 aliphatic rings. The van der Waals surface area contributed by atoms with Crippen LogP contribution in [0, 0.1) is 15.9 Å². The molecule has 1 saturated heterocycles. The van der Waals surface area contributed by atoms with Crippen LogP contribution < -0.4 is 4.74 Å². The molecular weight excluding hydrogens is 437 g/mol. The van der Waals surface area contributed by atoms with Crippen LogP contribution in [0.2, 0.25) is 0 Å². The smallest absolute Gasteiger partial charge is 0.293 e. The molecule has 0 unspecified atom stereocenters. The highest BCUT2D eigenvalue weighted by Gasteiger charge is 2.35. The van der Waals surface area contributed by atoms with Gasteiger partial charge < -0.3 is 4.74 Å². The fourth-order valence-electron chi connectivity index (χ4n) is 2.88. The molecule has 1 fully saturated rings. The second-order valence-electron chi connectivity index (χ2n) is 6.64. The summed E-state index contributed by atoms with van der Waals surface area (Å²) in [7, 11) is 0. The number of hydrogen-bond acceptors (Lipinski definition) is 7. The third-order valence-corrected chi connectivity index (χ3v) is 5.40. The molecule has 0 saturated carbocycles. The summed E-state index contributed by atoms with van der Waals surface area (Å²) in [6, 6.07) is 15.3. The number of nitrogens with zero attached hydrogens (tertiary/aromatic N) is 3. The van der Waals surface area contributed by atoms with Gasteiger partial charge in [0.25, 0.3) is 16.8 Å². The number of pyridine rings is 1. The summed E-state index contributed by atoms with van der Waals surface area (Å²) < 4.78 is 19.4. The van der Waals surface area contributed by atoms with Crippen LogP contribution in [0.1, 0.15) is 11.1 Å². The number of thioether (sulfide) groups is 1. The lowest BCUT2D eigenvalue weighted by Gasteiger charge is -2.12. The molecule has 0 bridgehead atoms. The molecule has 1 aliphatic heterocycles. The molecule has 1 aromatic heterocycles. The van der Waals surface area contributed by atoms with Gasteiger partial charge in [0, 0.05) is 17.7 Å². The van der Waals surface area contributed by atoms with Gasteiger partial charge in [-0.25, -0.2) is 9.37 Å². The lowest BCUT2D eigenvalue weighted by molar-refractivity contribution is -0.385. The number of carbonyl (C=O) groups is 2. The van der Waals surface area contributed by atoms with Gasteiger partial charge in [0.1, 0.15) is 17.8 Å². The van der Waals surface area contributed by atoms with Crippen molar-refractivity contribution in [1.82, 2.24) is 9.88 Å². The molecule has 2 heterocycles. The van der Waals surface area contributed by atoms with E-state index in [9.17, 15) is 24.1 Å². The van der Waals surface area contributed by atoms with E-state index < -0.39 is 21.9 Å². The quantitative estimate of drug-likeness (QED) is 0.290. The Labute approximate surface area is 185 Å². The number of rotatable bonds is 6. The Hall–Kier alpha value is -4.05. The summed E-state index contributed by atoms with van der Waals surface area (Å²) in [5.74, 6) is -0.332. The molecular formula is C22H14FN3O5S. The summed E-state index contributed by atoms with van der Waals surface area (Å²) >= 11 is 0.792. The summed E-state index contributed by atoms with van der Waals surface area (Å²) in [6.45, 7) is -0.135. The zero-order valence-corrected chi connectivity index (χ0v) is 17.1. The molecule has 0 radical (unpaired) electrons. The van der Waals surface area contributed by atoms with Gasteiger partial charge in [0.2, 0.25) is 5.88 Å². The third kappa shape index (κ3) is 4.65. The summed E-state index contributed by atoms with van der Waals surface area (Å²) in [6.07, 6.45) is 2.67. The van der Waals surface area contributed by atoms with Crippen LogP contribution in [0.5, 0.6) is 11.6 Å². The SMILES string of the molecule is O=C1S/C(=C\c2ccc(Oc3ccc([N+](=O)[O-])cn3)cc2)C(=O)N1Cc1ccccc1F. The molecule has 8 nitrogen and oxygen atoms in total. The number of ether oxygens (including phenoxy) is 1. The van der Waals surface area contributed by atoms with Crippen LogP contribution in [-0.2, 0) is 11.3 Å². The van der Waals surface area contributed by atoms with Crippen molar-refractivity contribution in [2.75, 3.05) is 0 Å². The Morgan fingerprint density at radius 2 is 1.84 bits per heavy atom. The first-order valence-corrected chi connectivity index (χ1v) is 10.1. The highest BCUT2D eigenvalue weighted by molar-refractivity contribution is 8.18. The number of carbonyl (C=O) groups excluding carboxylic acids is 2. The lowest BCUT2D eigenvalue weighted by atomic mass is 10.2. The molecule has 3 aromatic rings. The number of nitro groups is 1. The summed E-state index contributed by atoms with van der Waals surface area (Å²) in [5.41, 5.74) is 0.777. The molecule has 4 rings (SSSR count). The maximum Gasteiger partial charge on any atom is 0.293 e. The van der Waals surface area contributed by atoms with E-state index in [0.717, 1.165) is 22.9 Å². The van der Waals surface area contributed by atoms with Gasteiger partial charge in [0.15, 0.2) is 0 Å². The molecule has 2 aromatic carbocycles. The van der Waals surface area contributed by atoms with E-state index in [4.69, 9.17) is 4.74 Å². The molecule has 0 N–H and O–H groups in total. The van der Waals surface area contributed by atoms with Crippen molar-refractivity contribution in [3.8, 4) is 11.6 Å². The minimum absolute atomic E-state index is 0.135. The van der Waals surface area contributed by atoms with E-state index in [0.29, 0.717) is 11.3 Å². The minimum atomic E-state index is -0.552. The topological polar surface area (TPSA) is 103 Å². The van der Waals surface area contributed by atoms with E-state index in [-0.39, 0.29) is 28.6 Å². The van der Waals surface area contributed by atoms with Crippen LogP contribution in [-0.4, -0.2) is 26.0 Å². The summed E-state index contributed by atoms with van der Waals surface area (Å²) in [4.78, 5) is 40.1. The molecule has 0 aliphatic carbocycles. The molecule has 2 amide bonds. The van der Waals surface area contributed by atoms with Crippen molar-refractivity contribution in [3.05, 3.63) is 98.8 Å². The van der Waals surface area contributed by atoms with Crippen molar-refractivity contribution in [2.24, 2.45) is 0 Å². The standard InChI is InChI=1S/C22H14FN3O5S/c23-18-4-2-1-3-15(18)13-25-21(27)19(32-22(25)28)11-14-5-8-17(9-6-14)31-20-10-7-16(12-24-20)26(29)30/h1-12H,13H2/b19-11-. The van der Waals surface area contributed by atoms with Crippen LogP contribution >= 0.6 is 11.8 Å². The maximum atomic E-state index is 13.9. The van der Waals surface area contributed by atoms with Gasteiger partial charge in [-0.1, -0.05) is 30.3 Å². The number of amides is 2. The number of benzene rings is 2. The zero-order valence-electron chi connectivity index (χ0n) is 16.3. The van der Waals surface area contributed by atoms with Gasteiger partial charge in [-0.3, -0.25) is 24.6 Å². The Bertz CT molecular complexity index is 1230. The predicted octanol–water partition coefficient (Wildman–Crippen LogP) is 5.16. The normalized spacial score (nSPS) is 14.8. The van der Waals surface area contributed by atoms with E-state index in [1.54, 1.807) is 36.4 Å². The molecule has 0 spiro atoms. The first-order chi connectivity index (χ1) is 15.4. The second kappa shape index (κ2) is 8.98. The Morgan fingerprint density at radius 3 is 2.50 bits per heavy atom. The number of hydrogen-bond donors (Lipinski definition) is 0. The van der Waals surface area contributed by atoms with Crippen molar-refractivity contribution < 1.29 is 23.6 Å². The Balaban J connectivity index is 1.44. The summed E-state index contributed by atoms with van der Waals surface area (Å²) in [5, 5.41) is 10.2. The fourth-order valence-corrected chi connectivity index (χ4v) is 3.72. The van der Waals surface area contributed by atoms with Crippen LogP contribution in [0.15, 0.2) is 71.8 Å². The first-order valence-electron chi connectivity index (χ1n) is 9.28. The Morgan fingerprint density at radius 1 is 1.09 bits per heavy atom. The van der Waals surface area contributed by atoms with E-state index in [1.165, 1.54) is 30.3 Å². The highest BCUT2D eigenvalue weighted by atomic mass is 32.2. The number of imide groups is 1. The maximum absolute atomic E-state index is 13.9. The van der Waals surface area contributed by atoms with Crippen LogP contribution in [0.25, 0.3) is 6.08 Å². The van der Waals surface area contributed by atoms with Gasteiger partial charge in [-0.15, -0.1) is 0 Å². The van der Waals surface area contributed by atoms with Gasteiger partial charge in [0.05, 0.1) is 16.4 Å². The van der Waals surface area contributed by atoms with Gasteiger partial charge in [-0.2, -0.15) is 0 Å². The minimum Gasteiger partial charge on any atom is -0.439 e. The molecule has 32 heavy (non-hydrogen) atoms. The molecule has 160 valence electrons. The molecule has 0 atom stereocenters. The Kier molecular flexibility index (Phi) is 5.95. The average Bonchev–Trinajstić information content (AvgIpc) is 3.04. The van der Waals surface area contributed by atoms with Crippen LogP contribution in [0.4, 0.5) is 14.9 Å². The lowest BCUT2D eigenvalue weighted by Crippen LogP contribution is -2.27. The van der Waals surface area contributed by atoms with E-state index in [1.807, 2.05) is 0 Å². The predicted molar refractivity (Wildman–Crippen MR) is 115 cm³/mol. The largest absolute Gasteiger partial charge is 0.439 e. The average molecular weight is 451 g/mol. The van der Waals surface area contributed by atoms with Crippen molar-refractivity contribution in [3.63, 3.8) is 0 Å². The second-order valence-corrected chi connectivity index (χ2v) is 7.64. The first kappa shape index (κ1) is 21.2. The zero-order chi connectivity index (χ0) is 22.7. The van der Waals surface area contributed by atoms with Gasteiger partial charge in [-0.05, 0) is 41.6 Å². The fraction of sp³-hybridized carbons (Fsp3) is 0.0455. The highest BCUT2D eigenvalue weighted by Crippen LogP contribution is 2.34. The van der Waals surface area contributed by atoms with Crippen molar-refractivity contribution in [1.29, 1.82) is 0 Å². The molecule has 10 heteroatoms. The van der Waals surface area contributed by atoms with Crippen molar-refractivity contribution in [2.45, 2.75) is 6.54 Å².